The first-order chi connectivity index (χ1) is 15.6. The second-order valence-corrected chi connectivity index (χ2v) is 7.89. The minimum absolute atomic E-state index is 0.0107. The van der Waals surface area contributed by atoms with Crippen molar-refractivity contribution in [2.24, 2.45) is 0 Å². The zero-order valence-electron chi connectivity index (χ0n) is 19.3. The van der Waals surface area contributed by atoms with Crippen molar-refractivity contribution in [1.82, 2.24) is 9.80 Å². The SMILES string of the molecule is CCOc1cc(/C=C/C(=O)N(Cc2ccccc2)C(C)CN2CCOCC2)ccc1OC. The van der Waals surface area contributed by atoms with E-state index in [2.05, 4.69) is 24.0 Å². The molecule has 2 aromatic carbocycles. The van der Waals surface area contributed by atoms with Gasteiger partial charge >= 0.3 is 0 Å². The fraction of sp³-hybridized carbons (Fsp3) is 0.423. The van der Waals surface area contributed by atoms with E-state index >= 15 is 0 Å². The average Bonchev–Trinajstić information content (AvgIpc) is 2.82. The first-order valence-electron chi connectivity index (χ1n) is 11.2. The molecule has 3 rings (SSSR count). The van der Waals surface area contributed by atoms with Crippen LogP contribution in [0.3, 0.4) is 0 Å². The zero-order valence-corrected chi connectivity index (χ0v) is 19.3. The average molecular weight is 439 g/mol. The Morgan fingerprint density at radius 2 is 1.91 bits per heavy atom. The van der Waals surface area contributed by atoms with Crippen molar-refractivity contribution in [1.29, 1.82) is 0 Å². The summed E-state index contributed by atoms with van der Waals surface area (Å²) in [6.07, 6.45) is 3.49. The van der Waals surface area contributed by atoms with Gasteiger partial charge in [-0.1, -0.05) is 36.4 Å². The molecule has 0 radical (unpaired) electrons. The Morgan fingerprint density at radius 1 is 1.16 bits per heavy atom. The molecule has 0 aromatic heterocycles. The first kappa shape index (κ1) is 23.8. The highest BCUT2D eigenvalue weighted by Gasteiger charge is 2.22. The van der Waals surface area contributed by atoms with Crippen LogP contribution >= 0.6 is 0 Å². The number of hydrogen-bond donors (Lipinski definition) is 0. The summed E-state index contributed by atoms with van der Waals surface area (Å²) in [6.45, 7) is 9.30. The molecule has 0 N–H and O–H groups in total. The molecule has 1 saturated heterocycles. The molecule has 6 nitrogen and oxygen atoms in total. The van der Waals surface area contributed by atoms with E-state index in [1.54, 1.807) is 13.2 Å². The lowest BCUT2D eigenvalue weighted by molar-refractivity contribution is -0.129. The number of methoxy groups -OCH3 is 1. The Hall–Kier alpha value is -2.83. The predicted molar refractivity (Wildman–Crippen MR) is 127 cm³/mol. The molecule has 0 aliphatic carbocycles. The highest BCUT2D eigenvalue weighted by molar-refractivity contribution is 5.92. The standard InChI is InChI=1S/C26H34N2O4/c1-4-32-25-18-22(10-12-24(25)30-3)11-13-26(29)28(20-23-8-6-5-7-9-23)21(2)19-27-14-16-31-17-15-27/h5-13,18,21H,4,14-17,19-20H2,1-3H3/b13-11+. The number of rotatable bonds is 10. The van der Waals surface area contributed by atoms with Crippen LogP contribution in [0.25, 0.3) is 6.08 Å². The van der Waals surface area contributed by atoms with Crippen LogP contribution < -0.4 is 9.47 Å². The Labute approximate surface area is 191 Å². The Balaban J connectivity index is 1.75. The second-order valence-electron chi connectivity index (χ2n) is 7.89. The van der Waals surface area contributed by atoms with Gasteiger partial charge in [-0.25, -0.2) is 0 Å². The normalized spacial score (nSPS) is 15.5. The van der Waals surface area contributed by atoms with Crippen LogP contribution in [0.5, 0.6) is 11.5 Å². The van der Waals surface area contributed by atoms with Crippen LogP contribution in [0.2, 0.25) is 0 Å². The van der Waals surface area contributed by atoms with E-state index in [4.69, 9.17) is 14.2 Å². The second kappa shape index (κ2) is 12.3. The van der Waals surface area contributed by atoms with Crippen LogP contribution in [0.1, 0.15) is 25.0 Å². The highest BCUT2D eigenvalue weighted by atomic mass is 16.5. The van der Waals surface area contributed by atoms with Gasteiger partial charge in [0.1, 0.15) is 0 Å². The summed E-state index contributed by atoms with van der Waals surface area (Å²) in [5.74, 6) is 1.34. The lowest BCUT2D eigenvalue weighted by Crippen LogP contribution is -2.47. The van der Waals surface area contributed by atoms with E-state index in [1.807, 2.05) is 54.3 Å². The molecule has 1 heterocycles. The molecule has 0 spiro atoms. The molecule has 1 amide bonds. The number of hydrogen-bond acceptors (Lipinski definition) is 5. The zero-order chi connectivity index (χ0) is 22.8. The number of carbonyl (C=O) groups excluding carboxylic acids is 1. The number of amides is 1. The van der Waals surface area contributed by atoms with Crippen molar-refractivity contribution in [2.45, 2.75) is 26.4 Å². The fourth-order valence-corrected chi connectivity index (χ4v) is 3.82. The summed E-state index contributed by atoms with van der Waals surface area (Å²) in [4.78, 5) is 17.6. The third-order valence-corrected chi connectivity index (χ3v) is 5.54. The van der Waals surface area contributed by atoms with E-state index < -0.39 is 0 Å². The summed E-state index contributed by atoms with van der Waals surface area (Å²) in [6, 6.07) is 15.9. The molecule has 1 unspecified atom stereocenters. The van der Waals surface area contributed by atoms with Crippen molar-refractivity contribution in [3.05, 3.63) is 65.7 Å². The van der Waals surface area contributed by atoms with Gasteiger partial charge in [0.15, 0.2) is 11.5 Å². The van der Waals surface area contributed by atoms with Crippen LogP contribution in [-0.4, -0.2) is 68.3 Å². The molecule has 1 aliphatic heterocycles. The molecule has 172 valence electrons. The molecule has 1 aliphatic rings. The lowest BCUT2D eigenvalue weighted by atomic mass is 10.1. The number of morpholine rings is 1. The van der Waals surface area contributed by atoms with Crippen molar-refractivity contribution in [2.75, 3.05) is 46.6 Å². The van der Waals surface area contributed by atoms with Gasteiger partial charge < -0.3 is 19.1 Å². The monoisotopic (exact) mass is 438 g/mol. The molecule has 1 atom stereocenters. The Morgan fingerprint density at radius 3 is 2.59 bits per heavy atom. The first-order valence-corrected chi connectivity index (χ1v) is 11.2. The van der Waals surface area contributed by atoms with E-state index in [0.717, 1.165) is 44.0 Å². The number of benzene rings is 2. The van der Waals surface area contributed by atoms with Gasteiger partial charge in [-0.15, -0.1) is 0 Å². The molecule has 6 heteroatoms. The molecule has 0 saturated carbocycles. The summed E-state index contributed by atoms with van der Waals surface area (Å²) >= 11 is 0. The van der Waals surface area contributed by atoms with Gasteiger partial charge in [0.2, 0.25) is 5.91 Å². The topological polar surface area (TPSA) is 51.2 Å². The van der Waals surface area contributed by atoms with E-state index in [-0.39, 0.29) is 11.9 Å². The molecule has 1 fully saturated rings. The number of carbonyl (C=O) groups is 1. The maximum atomic E-state index is 13.3. The van der Waals surface area contributed by atoms with E-state index in [9.17, 15) is 4.79 Å². The lowest BCUT2D eigenvalue weighted by Gasteiger charge is -2.34. The minimum Gasteiger partial charge on any atom is -0.493 e. The summed E-state index contributed by atoms with van der Waals surface area (Å²) in [7, 11) is 1.62. The fourth-order valence-electron chi connectivity index (χ4n) is 3.82. The van der Waals surface area contributed by atoms with Crippen molar-refractivity contribution in [3.63, 3.8) is 0 Å². The molecule has 2 aromatic rings. The van der Waals surface area contributed by atoms with Gasteiger partial charge in [-0.2, -0.15) is 0 Å². The minimum atomic E-state index is -0.0107. The molecular weight excluding hydrogens is 404 g/mol. The quantitative estimate of drug-likeness (QED) is 0.528. The Kier molecular flexibility index (Phi) is 9.13. The van der Waals surface area contributed by atoms with Gasteiger partial charge in [-0.3, -0.25) is 9.69 Å². The smallest absolute Gasteiger partial charge is 0.247 e. The van der Waals surface area contributed by atoms with Gasteiger partial charge in [0.05, 0.1) is 26.9 Å². The molecular formula is C26H34N2O4. The molecule has 0 bridgehead atoms. The highest BCUT2D eigenvalue weighted by Crippen LogP contribution is 2.28. The largest absolute Gasteiger partial charge is 0.493 e. The van der Waals surface area contributed by atoms with Gasteiger partial charge in [-0.05, 0) is 43.2 Å². The van der Waals surface area contributed by atoms with Crippen LogP contribution in [-0.2, 0) is 16.1 Å². The number of ether oxygens (including phenoxy) is 3. The van der Waals surface area contributed by atoms with Crippen LogP contribution in [0.15, 0.2) is 54.6 Å². The summed E-state index contributed by atoms with van der Waals surface area (Å²) < 4.78 is 16.5. The van der Waals surface area contributed by atoms with Gasteiger partial charge in [0.25, 0.3) is 0 Å². The maximum absolute atomic E-state index is 13.3. The Bertz CT molecular complexity index is 879. The van der Waals surface area contributed by atoms with Crippen molar-refractivity contribution >= 4 is 12.0 Å². The summed E-state index contributed by atoms with van der Waals surface area (Å²) in [5.41, 5.74) is 2.01. The predicted octanol–water partition coefficient (Wildman–Crippen LogP) is 3.86. The van der Waals surface area contributed by atoms with Crippen LogP contribution in [0.4, 0.5) is 0 Å². The maximum Gasteiger partial charge on any atom is 0.247 e. The van der Waals surface area contributed by atoms with Crippen molar-refractivity contribution < 1.29 is 19.0 Å². The number of nitrogens with zero attached hydrogens (tertiary/aromatic N) is 2. The third kappa shape index (κ3) is 6.84. The van der Waals surface area contributed by atoms with Gasteiger partial charge in [0, 0.05) is 38.3 Å². The van der Waals surface area contributed by atoms with E-state index in [0.29, 0.717) is 24.7 Å². The van der Waals surface area contributed by atoms with Crippen LogP contribution in [0, 0.1) is 0 Å². The third-order valence-electron chi connectivity index (χ3n) is 5.54. The van der Waals surface area contributed by atoms with E-state index in [1.165, 1.54) is 0 Å². The summed E-state index contributed by atoms with van der Waals surface area (Å²) in [5, 5.41) is 0. The van der Waals surface area contributed by atoms with Crippen molar-refractivity contribution in [3.8, 4) is 11.5 Å². The molecule has 32 heavy (non-hydrogen) atoms.